The summed E-state index contributed by atoms with van der Waals surface area (Å²) in [6.45, 7) is 2.68. The molecule has 0 aromatic rings. The minimum Gasteiger partial charge on any atom is -0.465 e. The van der Waals surface area contributed by atoms with E-state index in [1.165, 1.54) is 13.8 Å². The molecule has 4 nitrogen and oxygen atoms in total. The van der Waals surface area contributed by atoms with E-state index in [9.17, 15) is 26.7 Å². The van der Waals surface area contributed by atoms with Gasteiger partial charge in [0.2, 0.25) is 0 Å². The Balaban J connectivity index is 2.78. The maximum absolute atomic E-state index is 13.7. The fourth-order valence-electron chi connectivity index (χ4n) is 1.64. The number of rotatable bonds is 4. The van der Waals surface area contributed by atoms with E-state index in [0.717, 1.165) is 0 Å². The van der Waals surface area contributed by atoms with Crippen LogP contribution in [-0.4, -0.2) is 42.2 Å². The van der Waals surface area contributed by atoms with Gasteiger partial charge in [0.15, 0.2) is 0 Å². The Morgan fingerprint density at radius 2 is 1.90 bits per heavy atom. The molecule has 21 heavy (non-hydrogen) atoms. The SMILES string of the molecule is CCC(C)(C)C(=O)OCC1COC(O)(C(F)(F)F)C1(F)F. The van der Waals surface area contributed by atoms with Crippen molar-refractivity contribution in [3.8, 4) is 0 Å². The van der Waals surface area contributed by atoms with Crippen molar-refractivity contribution in [1.82, 2.24) is 0 Å². The maximum Gasteiger partial charge on any atom is 0.449 e. The number of hydrogen-bond acceptors (Lipinski definition) is 4. The molecule has 1 fully saturated rings. The zero-order valence-corrected chi connectivity index (χ0v) is 11.8. The minimum atomic E-state index is -5.65. The number of esters is 1. The van der Waals surface area contributed by atoms with Gasteiger partial charge < -0.3 is 14.6 Å². The summed E-state index contributed by atoms with van der Waals surface area (Å²) in [5, 5.41) is 9.06. The molecule has 1 rings (SSSR count). The van der Waals surface area contributed by atoms with Crippen LogP contribution in [-0.2, 0) is 14.3 Å². The van der Waals surface area contributed by atoms with E-state index in [1.54, 1.807) is 6.92 Å². The smallest absolute Gasteiger partial charge is 0.449 e. The lowest BCUT2D eigenvalue weighted by molar-refractivity contribution is -0.404. The van der Waals surface area contributed by atoms with Crippen molar-refractivity contribution in [2.24, 2.45) is 11.3 Å². The van der Waals surface area contributed by atoms with E-state index in [-0.39, 0.29) is 0 Å². The molecule has 1 aliphatic heterocycles. The highest BCUT2D eigenvalue weighted by Gasteiger charge is 2.77. The number of carbonyl (C=O) groups is 1. The molecule has 2 atom stereocenters. The van der Waals surface area contributed by atoms with Gasteiger partial charge in [0.05, 0.1) is 17.9 Å². The lowest BCUT2D eigenvalue weighted by atomic mass is 9.90. The molecule has 0 saturated carbocycles. The molecular weight excluding hydrogens is 303 g/mol. The summed E-state index contributed by atoms with van der Waals surface area (Å²) in [5.74, 6) is -12.0. The van der Waals surface area contributed by atoms with E-state index in [2.05, 4.69) is 9.47 Å². The van der Waals surface area contributed by atoms with Gasteiger partial charge in [0.1, 0.15) is 6.61 Å². The van der Waals surface area contributed by atoms with E-state index in [4.69, 9.17) is 5.11 Å². The summed E-state index contributed by atoms with van der Waals surface area (Å²) in [6, 6.07) is 0. The van der Waals surface area contributed by atoms with Gasteiger partial charge in [0.25, 0.3) is 0 Å². The van der Waals surface area contributed by atoms with Crippen LogP contribution < -0.4 is 0 Å². The molecule has 124 valence electrons. The maximum atomic E-state index is 13.7. The molecule has 0 aliphatic carbocycles. The predicted octanol–water partition coefficient (Wildman–Crippen LogP) is 2.50. The molecule has 1 aliphatic rings. The van der Waals surface area contributed by atoms with Crippen LogP contribution in [0.4, 0.5) is 22.0 Å². The minimum absolute atomic E-state index is 0.371. The van der Waals surface area contributed by atoms with Gasteiger partial charge in [0, 0.05) is 0 Å². The Morgan fingerprint density at radius 3 is 2.29 bits per heavy atom. The predicted molar refractivity (Wildman–Crippen MR) is 60.4 cm³/mol. The molecule has 0 spiro atoms. The molecule has 2 unspecified atom stereocenters. The van der Waals surface area contributed by atoms with Crippen LogP contribution in [0, 0.1) is 11.3 Å². The second-order valence-corrected chi connectivity index (χ2v) is 5.61. The van der Waals surface area contributed by atoms with E-state index >= 15 is 0 Å². The van der Waals surface area contributed by atoms with Crippen molar-refractivity contribution >= 4 is 5.97 Å². The highest BCUT2D eigenvalue weighted by molar-refractivity contribution is 5.75. The fraction of sp³-hybridized carbons (Fsp3) is 0.917. The normalized spacial score (nSPS) is 29.5. The summed E-state index contributed by atoms with van der Waals surface area (Å²) >= 11 is 0. The average Bonchev–Trinajstić information content (AvgIpc) is 2.58. The summed E-state index contributed by atoms with van der Waals surface area (Å²) in [6.07, 6.45) is -5.28. The van der Waals surface area contributed by atoms with Crippen molar-refractivity contribution in [2.75, 3.05) is 13.2 Å². The first-order chi connectivity index (χ1) is 9.29. The average molecular weight is 320 g/mol. The van der Waals surface area contributed by atoms with Crippen LogP contribution in [0.2, 0.25) is 0 Å². The van der Waals surface area contributed by atoms with Crippen LogP contribution in [0.15, 0.2) is 0 Å². The van der Waals surface area contributed by atoms with Crippen molar-refractivity contribution in [2.45, 2.75) is 45.1 Å². The lowest BCUT2D eigenvalue weighted by Crippen LogP contribution is -2.58. The number of halogens is 5. The highest BCUT2D eigenvalue weighted by atomic mass is 19.4. The monoisotopic (exact) mass is 320 g/mol. The molecule has 1 N–H and O–H groups in total. The van der Waals surface area contributed by atoms with Crippen molar-refractivity contribution < 1.29 is 41.3 Å². The molecule has 0 aromatic carbocycles. The first-order valence-corrected chi connectivity index (χ1v) is 6.27. The van der Waals surface area contributed by atoms with Crippen LogP contribution in [0.5, 0.6) is 0 Å². The summed E-state index contributed by atoms with van der Waals surface area (Å²) in [7, 11) is 0. The summed E-state index contributed by atoms with van der Waals surface area (Å²) < 4.78 is 73.4. The second kappa shape index (κ2) is 5.35. The van der Waals surface area contributed by atoms with Crippen LogP contribution in [0.3, 0.4) is 0 Å². The van der Waals surface area contributed by atoms with E-state index in [1.807, 2.05) is 0 Å². The van der Waals surface area contributed by atoms with Gasteiger partial charge in [-0.25, -0.2) is 0 Å². The van der Waals surface area contributed by atoms with Gasteiger partial charge >= 0.3 is 23.9 Å². The molecule has 0 aromatic heterocycles. The third kappa shape index (κ3) is 2.98. The Hall–Kier alpha value is -0.960. The number of carbonyl (C=O) groups excluding carboxylic acids is 1. The standard InChI is InChI=1S/C12H17F5O4/c1-4-9(2,3)8(18)20-5-7-6-21-11(19,10(7,13)14)12(15,16)17/h7,19H,4-6H2,1-3H3. The molecule has 0 radical (unpaired) electrons. The van der Waals surface area contributed by atoms with Crippen LogP contribution in [0.1, 0.15) is 27.2 Å². The van der Waals surface area contributed by atoms with E-state index in [0.29, 0.717) is 6.42 Å². The van der Waals surface area contributed by atoms with E-state index < -0.39 is 48.4 Å². The zero-order chi connectivity index (χ0) is 16.7. The van der Waals surface area contributed by atoms with Gasteiger partial charge in [-0.05, 0) is 20.3 Å². The highest BCUT2D eigenvalue weighted by Crippen LogP contribution is 2.51. The third-order valence-corrected chi connectivity index (χ3v) is 3.69. The van der Waals surface area contributed by atoms with Crippen molar-refractivity contribution in [3.05, 3.63) is 0 Å². The quantitative estimate of drug-likeness (QED) is 0.639. The second-order valence-electron chi connectivity index (χ2n) is 5.61. The Morgan fingerprint density at radius 1 is 1.38 bits per heavy atom. The third-order valence-electron chi connectivity index (χ3n) is 3.69. The number of hydrogen-bond donors (Lipinski definition) is 1. The number of aliphatic hydroxyl groups is 1. The summed E-state index contributed by atoms with van der Waals surface area (Å²) in [5.41, 5.74) is -0.935. The Bertz CT molecular complexity index is 407. The first kappa shape index (κ1) is 18.1. The Kier molecular flexibility index (Phi) is 4.61. The topological polar surface area (TPSA) is 55.8 Å². The van der Waals surface area contributed by atoms with Crippen LogP contribution >= 0.6 is 0 Å². The molecule has 0 bridgehead atoms. The molecular formula is C12H17F5O4. The van der Waals surface area contributed by atoms with Crippen LogP contribution in [0.25, 0.3) is 0 Å². The largest absolute Gasteiger partial charge is 0.465 e. The zero-order valence-electron chi connectivity index (χ0n) is 11.8. The van der Waals surface area contributed by atoms with Gasteiger partial charge in [-0.1, -0.05) is 6.92 Å². The summed E-state index contributed by atoms with van der Waals surface area (Å²) in [4.78, 5) is 11.6. The van der Waals surface area contributed by atoms with Gasteiger partial charge in [-0.3, -0.25) is 4.79 Å². The molecule has 9 heteroatoms. The fourth-order valence-corrected chi connectivity index (χ4v) is 1.64. The molecule has 0 amide bonds. The number of ether oxygens (including phenoxy) is 2. The molecule has 1 saturated heterocycles. The van der Waals surface area contributed by atoms with Gasteiger partial charge in [-0.2, -0.15) is 22.0 Å². The van der Waals surface area contributed by atoms with Crippen molar-refractivity contribution in [3.63, 3.8) is 0 Å². The number of alkyl halides is 5. The van der Waals surface area contributed by atoms with Gasteiger partial charge in [-0.15, -0.1) is 0 Å². The lowest BCUT2D eigenvalue weighted by Gasteiger charge is -2.31. The first-order valence-electron chi connectivity index (χ1n) is 6.27. The molecule has 1 heterocycles. The van der Waals surface area contributed by atoms with Crippen molar-refractivity contribution in [1.29, 1.82) is 0 Å². The Labute approximate surface area is 118 Å².